The van der Waals surface area contributed by atoms with Crippen LogP contribution in [0.2, 0.25) is 0 Å². The summed E-state index contributed by atoms with van der Waals surface area (Å²) in [5.74, 6) is 0.0273. The molecule has 1 heterocycles. The first-order chi connectivity index (χ1) is 9.78. The summed E-state index contributed by atoms with van der Waals surface area (Å²) >= 11 is 0. The summed E-state index contributed by atoms with van der Waals surface area (Å²) in [4.78, 5) is 11.7. The summed E-state index contributed by atoms with van der Waals surface area (Å²) in [5.41, 5.74) is 1.93. The average Bonchev–Trinajstić information content (AvgIpc) is 2.87. The lowest BCUT2D eigenvalue weighted by molar-refractivity contribution is -0.116. The number of carbonyl (C=O) groups excluding carboxylic acids is 1. The quantitative estimate of drug-likeness (QED) is 0.756. The van der Waals surface area contributed by atoms with Gasteiger partial charge >= 0.3 is 0 Å². The van der Waals surface area contributed by atoms with Gasteiger partial charge in [-0.3, -0.25) is 9.48 Å². The smallest absolute Gasteiger partial charge is 0.224 e. The largest absolute Gasteiger partial charge is 0.323 e. The number of aromatic nitrogens is 2. The molecule has 106 valence electrons. The summed E-state index contributed by atoms with van der Waals surface area (Å²) in [5, 5.41) is 10.1. The van der Waals surface area contributed by atoms with Crippen LogP contribution in [0.3, 0.4) is 0 Å². The van der Waals surface area contributed by atoms with Gasteiger partial charge in [-0.25, -0.2) is 0 Å². The van der Waals surface area contributed by atoms with Crippen LogP contribution in [0.15, 0.2) is 42.7 Å². The Bertz CT molecular complexity index is 536. The van der Waals surface area contributed by atoms with Crippen molar-refractivity contribution in [3.63, 3.8) is 0 Å². The number of nitrogens with one attached hydrogen (secondary N) is 2. The number of hydrogen-bond donors (Lipinski definition) is 2. The summed E-state index contributed by atoms with van der Waals surface area (Å²) in [7, 11) is 1.88. The van der Waals surface area contributed by atoms with Crippen molar-refractivity contribution >= 4 is 11.6 Å². The van der Waals surface area contributed by atoms with Gasteiger partial charge in [0.1, 0.15) is 0 Å². The van der Waals surface area contributed by atoms with Crippen LogP contribution in [-0.2, 0) is 11.3 Å². The van der Waals surface area contributed by atoms with Crippen molar-refractivity contribution in [2.45, 2.75) is 19.4 Å². The van der Waals surface area contributed by atoms with Crippen molar-refractivity contribution in [3.05, 3.63) is 48.3 Å². The van der Waals surface area contributed by atoms with Crippen molar-refractivity contribution < 1.29 is 4.79 Å². The maximum absolute atomic E-state index is 11.7. The molecule has 5 heteroatoms. The molecule has 20 heavy (non-hydrogen) atoms. The Morgan fingerprint density at radius 2 is 2.10 bits per heavy atom. The zero-order valence-corrected chi connectivity index (χ0v) is 11.7. The van der Waals surface area contributed by atoms with Crippen LogP contribution >= 0.6 is 0 Å². The Balaban J connectivity index is 1.84. The van der Waals surface area contributed by atoms with E-state index in [4.69, 9.17) is 0 Å². The maximum atomic E-state index is 11.7. The van der Waals surface area contributed by atoms with Gasteiger partial charge in [-0.05, 0) is 25.6 Å². The molecule has 0 saturated carbocycles. The summed E-state index contributed by atoms with van der Waals surface area (Å²) in [6, 6.07) is 10.1. The van der Waals surface area contributed by atoms with Gasteiger partial charge in [-0.15, -0.1) is 0 Å². The van der Waals surface area contributed by atoms with Crippen LogP contribution in [0.5, 0.6) is 0 Å². The lowest BCUT2D eigenvalue weighted by Gasteiger charge is -2.02. The number of nitrogens with zero attached hydrogens (tertiary/aromatic N) is 2. The van der Waals surface area contributed by atoms with Crippen LogP contribution in [-0.4, -0.2) is 29.3 Å². The monoisotopic (exact) mass is 272 g/mol. The Morgan fingerprint density at radius 1 is 1.30 bits per heavy atom. The predicted octanol–water partition coefficient (Wildman–Crippen LogP) is 1.87. The second-order valence-electron chi connectivity index (χ2n) is 4.67. The van der Waals surface area contributed by atoms with E-state index in [-0.39, 0.29) is 5.91 Å². The van der Waals surface area contributed by atoms with Gasteiger partial charge in [0.05, 0.1) is 18.4 Å². The Hall–Kier alpha value is -2.14. The Morgan fingerprint density at radius 3 is 2.85 bits per heavy atom. The molecule has 0 radical (unpaired) electrons. The number of carbonyl (C=O) groups is 1. The van der Waals surface area contributed by atoms with Crippen molar-refractivity contribution in [2.24, 2.45) is 0 Å². The molecule has 0 bridgehead atoms. The van der Waals surface area contributed by atoms with Crippen molar-refractivity contribution in [1.29, 1.82) is 0 Å². The fourth-order valence-corrected chi connectivity index (χ4v) is 1.93. The van der Waals surface area contributed by atoms with E-state index in [0.29, 0.717) is 13.0 Å². The molecule has 5 nitrogen and oxygen atoms in total. The molecule has 1 amide bonds. The average molecular weight is 272 g/mol. The van der Waals surface area contributed by atoms with E-state index < -0.39 is 0 Å². The topological polar surface area (TPSA) is 59.0 Å². The number of hydrogen-bond acceptors (Lipinski definition) is 3. The van der Waals surface area contributed by atoms with Gasteiger partial charge in [0.15, 0.2) is 0 Å². The van der Waals surface area contributed by atoms with Crippen LogP contribution in [0.1, 0.15) is 18.4 Å². The maximum Gasteiger partial charge on any atom is 0.224 e. The fraction of sp³-hybridized carbons (Fsp3) is 0.333. The number of anilines is 1. The predicted molar refractivity (Wildman–Crippen MR) is 79.6 cm³/mol. The molecule has 0 aliphatic carbocycles. The molecule has 0 aliphatic heterocycles. The van der Waals surface area contributed by atoms with Crippen LogP contribution in [0.4, 0.5) is 5.69 Å². The van der Waals surface area contributed by atoms with E-state index in [1.165, 1.54) is 5.56 Å². The minimum atomic E-state index is 0.0273. The second kappa shape index (κ2) is 7.45. The fourth-order valence-electron chi connectivity index (χ4n) is 1.93. The highest BCUT2D eigenvalue weighted by atomic mass is 16.1. The van der Waals surface area contributed by atoms with E-state index in [1.807, 2.05) is 36.1 Å². The molecule has 1 aromatic carbocycles. The van der Waals surface area contributed by atoms with Crippen LogP contribution in [0, 0.1) is 0 Å². The van der Waals surface area contributed by atoms with E-state index in [2.05, 4.69) is 27.9 Å². The van der Waals surface area contributed by atoms with E-state index in [9.17, 15) is 4.79 Å². The Labute approximate surface area is 119 Å². The molecule has 2 N–H and O–H groups in total. The molecular weight excluding hydrogens is 252 g/mol. The molecular formula is C15H20N4O. The van der Waals surface area contributed by atoms with Gasteiger partial charge in [-0.1, -0.05) is 30.3 Å². The van der Waals surface area contributed by atoms with Crippen LogP contribution in [0.25, 0.3) is 0 Å². The highest BCUT2D eigenvalue weighted by Crippen LogP contribution is 2.08. The first kappa shape index (κ1) is 14.3. The van der Waals surface area contributed by atoms with Crippen molar-refractivity contribution in [3.8, 4) is 0 Å². The molecule has 0 saturated heterocycles. The van der Waals surface area contributed by atoms with Gasteiger partial charge in [0, 0.05) is 12.6 Å². The zero-order valence-electron chi connectivity index (χ0n) is 11.7. The molecule has 0 atom stereocenters. The molecule has 0 aliphatic rings. The van der Waals surface area contributed by atoms with E-state index >= 15 is 0 Å². The summed E-state index contributed by atoms with van der Waals surface area (Å²) in [6.07, 6.45) is 4.88. The molecule has 2 aromatic rings. The minimum Gasteiger partial charge on any atom is -0.323 e. The normalized spacial score (nSPS) is 10.4. The first-order valence-electron chi connectivity index (χ1n) is 6.79. The minimum absolute atomic E-state index is 0.0273. The zero-order chi connectivity index (χ0) is 14.2. The Kier molecular flexibility index (Phi) is 5.32. The molecule has 2 rings (SSSR count). The second-order valence-corrected chi connectivity index (χ2v) is 4.67. The van der Waals surface area contributed by atoms with Crippen LogP contribution < -0.4 is 10.6 Å². The van der Waals surface area contributed by atoms with Crippen molar-refractivity contribution in [1.82, 2.24) is 15.1 Å². The SMILES string of the molecule is CNCCCC(=O)Nc1cnn(Cc2ccccc2)c1. The standard InChI is InChI=1S/C15H20N4O/c1-16-9-5-8-15(20)18-14-10-17-19(12-14)11-13-6-3-2-4-7-13/h2-4,6-7,10,12,16H,5,8-9,11H2,1H3,(H,18,20). The number of benzene rings is 1. The third-order valence-corrected chi connectivity index (χ3v) is 2.94. The van der Waals surface area contributed by atoms with Gasteiger partial charge in [-0.2, -0.15) is 5.10 Å². The van der Waals surface area contributed by atoms with Gasteiger partial charge in [0.25, 0.3) is 0 Å². The third-order valence-electron chi connectivity index (χ3n) is 2.94. The molecule has 0 fully saturated rings. The lowest BCUT2D eigenvalue weighted by atomic mass is 10.2. The number of amides is 1. The van der Waals surface area contributed by atoms with Gasteiger partial charge in [0.2, 0.25) is 5.91 Å². The van der Waals surface area contributed by atoms with Crippen molar-refractivity contribution in [2.75, 3.05) is 18.9 Å². The third kappa shape index (κ3) is 4.51. The molecule has 1 aromatic heterocycles. The summed E-state index contributed by atoms with van der Waals surface area (Å²) < 4.78 is 1.82. The van der Waals surface area contributed by atoms with E-state index in [0.717, 1.165) is 18.7 Å². The number of rotatable bonds is 7. The highest BCUT2D eigenvalue weighted by Gasteiger charge is 2.04. The van der Waals surface area contributed by atoms with E-state index in [1.54, 1.807) is 6.20 Å². The highest BCUT2D eigenvalue weighted by molar-refractivity contribution is 5.90. The lowest BCUT2D eigenvalue weighted by Crippen LogP contribution is -2.14. The first-order valence-corrected chi connectivity index (χ1v) is 6.79. The molecule has 0 spiro atoms. The summed E-state index contributed by atoms with van der Waals surface area (Å²) in [6.45, 7) is 1.55. The van der Waals surface area contributed by atoms with Gasteiger partial charge < -0.3 is 10.6 Å². The molecule has 0 unspecified atom stereocenters.